The lowest BCUT2D eigenvalue weighted by Gasteiger charge is -2.27. The zero-order chi connectivity index (χ0) is 28.0. The molecule has 0 amide bonds. The third-order valence-electron chi connectivity index (χ3n) is 8.43. The lowest BCUT2D eigenvalue weighted by atomic mass is 9.91. The van der Waals surface area contributed by atoms with Crippen molar-refractivity contribution >= 4 is 24.6 Å². The Morgan fingerprint density at radius 1 is 0.714 bits per heavy atom. The first kappa shape index (κ1) is 24.7. The summed E-state index contributed by atoms with van der Waals surface area (Å²) in [6, 6.07) is 31.4. The minimum Gasteiger partial charge on any atom is -0.399 e. The summed E-state index contributed by atoms with van der Waals surface area (Å²) in [7, 11) is 2.20. The summed E-state index contributed by atoms with van der Waals surface area (Å²) in [5.41, 5.74) is 15.6. The monoisotopic (exact) mass is 547 g/mol. The fourth-order valence-electron chi connectivity index (χ4n) is 6.26. The number of fused-ring (bicyclic) bond motifs is 2. The molecular weight excluding hydrogens is 517 g/mol. The molecule has 2 aromatic heterocycles. The van der Waals surface area contributed by atoms with Crippen molar-refractivity contribution in [2.45, 2.75) is 19.3 Å². The largest absolute Gasteiger partial charge is 0.553 e. The fraction of sp³-hybridized carbons (Fsp3) is 0.147. The van der Waals surface area contributed by atoms with Crippen molar-refractivity contribution < 1.29 is 4.58 Å². The zero-order valence-electron chi connectivity index (χ0n) is 23.3. The van der Waals surface area contributed by atoms with Gasteiger partial charge in [0.05, 0.1) is 19.3 Å². The first-order valence-electron chi connectivity index (χ1n) is 14.6. The van der Waals surface area contributed by atoms with Gasteiger partial charge in [-0.15, -0.1) is 5.10 Å². The van der Waals surface area contributed by atoms with E-state index >= 15 is 0 Å². The first-order valence-corrected chi connectivity index (χ1v) is 14.6. The molecule has 0 saturated carbocycles. The van der Waals surface area contributed by atoms with Crippen LogP contribution in [0.5, 0.6) is 0 Å². The van der Waals surface area contributed by atoms with Crippen LogP contribution in [0.15, 0.2) is 115 Å². The molecule has 203 valence electrons. The summed E-state index contributed by atoms with van der Waals surface area (Å²) >= 11 is 0. The van der Waals surface area contributed by atoms with Crippen molar-refractivity contribution in [3.63, 3.8) is 0 Å². The van der Waals surface area contributed by atoms with E-state index in [1.165, 1.54) is 47.5 Å². The number of anilines is 1. The summed E-state index contributed by atoms with van der Waals surface area (Å²) < 4.78 is 6.60. The van der Waals surface area contributed by atoms with Gasteiger partial charge in [0.2, 0.25) is 0 Å². The van der Waals surface area contributed by atoms with Gasteiger partial charge in [-0.2, -0.15) is 0 Å². The van der Waals surface area contributed by atoms with Gasteiger partial charge >= 0.3 is 7.55 Å². The molecule has 0 spiro atoms. The molecule has 2 N–H and O–H groups in total. The molecule has 8 heteroatoms. The second-order valence-corrected chi connectivity index (χ2v) is 11.0. The molecule has 0 aliphatic carbocycles. The van der Waals surface area contributed by atoms with E-state index in [9.17, 15) is 0 Å². The molecule has 3 aliphatic rings. The summed E-state index contributed by atoms with van der Waals surface area (Å²) in [6.45, 7) is 2.16. The maximum atomic E-state index is 6.06. The van der Waals surface area contributed by atoms with E-state index in [0.717, 1.165) is 47.1 Å². The van der Waals surface area contributed by atoms with Crippen LogP contribution >= 0.6 is 0 Å². The summed E-state index contributed by atoms with van der Waals surface area (Å²) in [5, 5.41) is 9.13. The second-order valence-electron chi connectivity index (χ2n) is 11.0. The third kappa shape index (κ3) is 4.18. The molecule has 5 aromatic rings. The van der Waals surface area contributed by atoms with E-state index in [1.807, 2.05) is 29.1 Å². The Balaban J connectivity index is 1.18. The van der Waals surface area contributed by atoms with Crippen molar-refractivity contribution in [2.24, 2.45) is 0 Å². The van der Waals surface area contributed by atoms with E-state index in [2.05, 4.69) is 117 Å². The van der Waals surface area contributed by atoms with Gasteiger partial charge in [0, 0.05) is 28.6 Å². The van der Waals surface area contributed by atoms with Crippen molar-refractivity contribution in [3.8, 4) is 28.2 Å². The number of aromatic nitrogens is 4. The highest BCUT2D eigenvalue weighted by molar-refractivity contribution is 6.40. The predicted octanol–water partition coefficient (Wildman–Crippen LogP) is 5.61. The lowest BCUT2D eigenvalue weighted by molar-refractivity contribution is -0.539. The number of nitrogens with two attached hydrogens (primary N) is 1. The topological polar surface area (TPSA) is 67.9 Å². The van der Waals surface area contributed by atoms with Gasteiger partial charge < -0.3 is 10.2 Å². The molecule has 0 atom stereocenters. The van der Waals surface area contributed by atoms with E-state index in [1.54, 1.807) is 0 Å². The summed E-state index contributed by atoms with van der Waals surface area (Å²) in [5.74, 6) is 2.15. The summed E-state index contributed by atoms with van der Waals surface area (Å²) in [4.78, 5) is 2.33. The van der Waals surface area contributed by atoms with Crippen molar-refractivity contribution in [3.05, 3.63) is 126 Å². The highest BCUT2D eigenvalue weighted by Gasteiger charge is 2.40. The van der Waals surface area contributed by atoms with Gasteiger partial charge in [-0.05, 0) is 66.3 Å². The van der Waals surface area contributed by atoms with E-state index in [-0.39, 0.29) is 0 Å². The van der Waals surface area contributed by atoms with Crippen LogP contribution in [0.2, 0.25) is 0 Å². The molecule has 3 aromatic carbocycles. The van der Waals surface area contributed by atoms with Gasteiger partial charge in [-0.1, -0.05) is 71.9 Å². The number of allylic oxidation sites excluding steroid dienone is 1. The smallest absolute Gasteiger partial charge is 0.399 e. The Kier molecular flexibility index (Phi) is 5.91. The maximum Gasteiger partial charge on any atom is 0.553 e. The molecule has 0 bridgehead atoms. The Morgan fingerprint density at radius 2 is 1.43 bits per heavy atom. The van der Waals surface area contributed by atoms with Gasteiger partial charge in [0.15, 0.2) is 0 Å². The zero-order valence-corrected chi connectivity index (χ0v) is 23.3. The Morgan fingerprint density at radius 3 is 2.21 bits per heavy atom. The predicted molar refractivity (Wildman–Crippen MR) is 168 cm³/mol. The molecule has 1 saturated heterocycles. The number of rotatable bonds is 4. The number of amidine groups is 1. The maximum absolute atomic E-state index is 6.06. The van der Waals surface area contributed by atoms with Gasteiger partial charge in [0.1, 0.15) is 17.2 Å². The molecule has 42 heavy (non-hydrogen) atoms. The minimum absolute atomic E-state index is 0.758. The number of hydrogen-bond acceptors (Lipinski definition) is 3. The highest BCUT2D eigenvalue weighted by atomic mass is 15.5. The standard InChI is InChI=1S/C34H29BN7/c36-28-15-13-27(14-16-28)34-30-17-19-32(39-21-5-2-6-22-39)41(30)35-42-31(34)18-20-33(42)40-23-29(37-38-40)26-11-9-25(10-12-26)24-7-3-1-4-8-24/h1,3-4,7-20,23,36H,2,5-6,21-22H2/p+1. The average Bonchev–Trinajstić information content (AvgIpc) is 3.80. The normalized spacial score (nSPS) is 16.0. The van der Waals surface area contributed by atoms with Crippen LogP contribution in [0.1, 0.15) is 30.5 Å². The minimum atomic E-state index is 0.758. The molecular formula is C34H30BN7+. The van der Waals surface area contributed by atoms with Crippen molar-refractivity contribution in [1.82, 2.24) is 24.3 Å². The quantitative estimate of drug-likeness (QED) is 0.181. The van der Waals surface area contributed by atoms with Crippen LogP contribution in [0.25, 0.3) is 33.8 Å². The fourth-order valence-corrected chi connectivity index (χ4v) is 6.26. The molecule has 1 radical (unpaired) electrons. The van der Waals surface area contributed by atoms with Crippen LogP contribution < -0.4 is 5.73 Å². The second kappa shape index (κ2) is 10.1. The third-order valence-corrected chi connectivity index (χ3v) is 8.43. The Labute approximate surface area is 245 Å². The first-order chi connectivity index (χ1) is 20.7. The average molecular weight is 547 g/mol. The van der Waals surface area contributed by atoms with E-state index in [4.69, 9.17) is 5.73 Å². The molecule has 0 unspecified atom stereocenters. The lowest BCUT2D eigenvalue weighted by Crippen LogP contribution is -2.43. The van der Waals surface area contributed by atoms with E-state index < -0.39 is 0 Å². The van der Waals surface area contributed by atoms with Crippen LogP contribution in [0.4, 0.5) is 5.69 Å². The van der Waals surface area contributed by atoms with Crippen molar-refractivity contribution in [1.29, 1.82) is 0 Å². The van der Waals surface area contributed by atoms with Gasteiger partial charge in [-0.3, -0.25) is 9.39 Å². The molecule has 1 fully saturated rings. The number of nitrogen functional groups attached to an aromatic ring is 1. The SMILES string of the molecule is Nc1ccc(C2=C3C=CC(=[N+]4CCCCC4)N3[B]n3c2ccc3-n2cc(-c3ccc(-c4ccccc4)cc3)nn2)cc1. The molecule has 3 aliphatic heterocycles. The van der Waals surface area contributed by atoms with Gasteiger partial charge in [0.25, 0.3) is 5.84 Å². The van der Waals surface area contributed by atoms with Crippen molar-refractivity contribution in [2.75, 3.05) is 18.8 Å². The van der Waals surface area contributed by atoms with Crippen LogP contribution in [0, 0.1) is 0 Å². The Bertz CT molecular complexity index is 1870. The molecule has 5 heterocycles. The van der Waals surface area contributed by atoms with Crippen LogP contribution in [0.3, 0.4) is 0 Å². The molecule has 8 rings (SSSR count). The van der Waals surface area contributed by atoms with Crippen LogP contribution in [-0.2, 0) is 0 Å². The highest BCUT2D eigenvalue weighted by Crippen LogP contribution is 2.37. The van der Waals surface area contributed by atoms with Gasteiger partial charge in [-0.25, -0.2) is 4.68 Å². The Hall–Kier alpha value is -5.11. The number of benzene rings is 3. The molecule has 7 nitrogen and oxygen atoms in total. The van der Waals surface area contributed by atoms with E-state index in [0.29, 0.717) is 0 Å². The number of hydrogen-bond donors (Lipinski definition) is 1. The number of piperidine rings is 1. The number of nitrogens with zero attached hydrogens (tertiary/aromatic N) is 6. The summed E-state index contributed by atoms with van der Waals surface area (Å²) in [6.07, 6.45) is 10.3. The van der Waals surface area contributed by atoms with Crippen LogP contribution in [-0.4, -0.2) is 55.3 Å².